The number of hydrogen-bond donors (Lipinski definition) is 3. The molecular formula is C17H12FN5O. The van der Waals surface area contributed by atoms with Crippen molar-refractivity contribution in [2.24, 2.45) is 5.73 Å². The van der Waals surface area contributed by atoms with Gasteiger partial charge >= 0.3 is 0 Å². The number of H-pyrrole nitrogens is 2. The second kappa shape index (κ2) is 5.02. The lowest BCUT2D eigenvalue weighted by molar-refractivity contribution is -0.112. The molecule has 0 atom stereocenters. The Hall–Kier alpha value is -3.48. The predicted molar refractivity (Wildman–Crippen MR) is 89.4 cm³/mol. The van der Waals surface area contributed by atoms with Gasteiger partial charge in [0, 0.05) is 11.0 Å². The largest absolute Gasteiger partial charge is 0.366 e. The van der Waals surface area contributed by atoms with Crippen molar-refractivity contribution in [1.29, 1.82) is 0 Å². The number of imidazole rings is 1. The highest BCUT2D eigenvalue weighted by atomic mass is 19.1. The average Bonchev–Trinajstić information content (AvgIpc) is 3.16. The van der Waals surface area contributed by atoms with Gasteiger partial charge in [0.2, 0.25) is 5.91 Å². The summed E-state index contributed by atoms with van der Waals surface area (Å²) in [6.45, 7) is 3.69. The third kappa shape index (κ3) is 2.14. The molecule has 2 heterocycles. The lowest BCUT2D eigenvalue weighted by Gasteiger charge is -2.01. The van der Waals surface area contributed by atoms with Crippen molar-refractivity contribution >= 4 is 33.4 Å². The van der Waals surface area contributed by atoms with Crippen LogP contribution in [0.25, 0.3) is 39.0 Å². The Balaban J connectivity index is 1.90. The number of nitrogens with one attached hydrogen (secondary N) is 2. The number of aromatic nitrogens is 4. The van der Waals surface area contributed by atoms with Crippen molar-refractivity contribution in [1.82, 2.24) is 20.2 Å². The smallest absolute Gasteiger partial charge is 0.248 e. The minimum Gasteiger partial charge on any atom is -0.366 e. The fourth-order valence-electron chi connectivity index (χ4n) is 2.62. The van der Waals surface area contributed by atoms with Gasteiger partial charge in [-0.3, -0.25) is 9.89 Å². The highest BCUT2D eigenvalue weighted by molar-refractivity contribution is 6.18. The number of amides is 1. The highest BCUT2D eigenvalue weighted by Gasteiger charge is 2.15. The molecule has 0 bridgehead atoms. The number of halogens is 1. The Morgan fingerprint density at radius 3 is 2.79 bits per heavy atom. The number of primary amides is 1. The fourth-order valence-corrected chi connectivity index (χ4v) is 2.62. The summed E-state index contributed by atoms with van der Waals surface area (Å²) in [6, 6.07) is 9.63. The van der Waals surface area contributed by atoms with Gasteiger partial charge in [0.1, 0.15) is 11.5 Å². The molecular weight excluding hydrogens is 309 g/mol. The zero-order valence-corrected chi connectivity index (χ0v) is 12.4. The van der Waals surface area contributed by atoms with Gasteiger partial charge in [-0.25, -0.2) is 9.37 Å². The lowest BCUT2D eigenvalue weighted by atomic mass is 10.0. The van der Waals surface area contributed by atoms with Crippen LogP contribution in [0, 0.1) is 5.82 Å². The van der Waals surface area contributed by atoms with E-state index >= 15 is 0 Å². The molecule has 0 fully saturated rings. The van der Waals surface area contributed by atoms with Crippen molar-refractivity contribution in [3.8, 4) is 11.5 Å². The summed E-state index contributed by atoms with van der Waals surface area (Å²) in [5.41, 5.74) is 8.68. The maximum Gasteiger partial charge on any atom is 0.248 e. The molecule has 0 aliphatic heterocycles. The molecule has 0 radical (unpaired) electrons. The van der Waals surface area contributed by atoms with Crippen molar-refractivity contribution in [2.45, 2.75) is 0 Å². The van der Waals surface area contributed by atoms with Crippen molar-refractivity contribution in [3.05, 3.63) is 54.4 Å². The first-order chi connectivity index (χ1) is 11.5. The number of aromatic amines is 2. The van der Waals surface area contributed by atoms with Gasteiger partial charge in [0.05, 0.1) is 16.6 Å². The topological polar surface area (TPSA) is 100 Å². The van der Waals surface area contributed by atoms with Gasteiger partial charge in [-0.1, -0.05) is 12.6 Å². The zero-order chi connectivity index (χ0) is 16.8. The predicted octanol–water partition coefficient (Wildman–Crippen LogP) is 2.74. The minimum absolute atomic E-state index is 0.218. The standard InChI is InChI=1S/C17H12FN5O/c1-8(16(19)24)9-2-4-12-11(6-9)15(23-22-12)17-20-13-5-3-10(18)7-14(13)21-17/h2-7H,1H2,(H2,19,24)(H,20,21)(H,22,23). The number of fused-ring (bicyclic) bond motifs is 2. The summed E-state index contributed by atoms with van der Waals surface area (Å²) in [6.07, 6.45) is 0. The molecule has 0 saturated carbocycles. The molecule has 2 aromatic carbocycles. The van der Waals surface area contributed by atoms with Crippen molar-refractivity contribution in [3.63, 3.8) is 0 Å². The molecule has 4 aromatic rings. The molecule has 0 aliphatic rings. The van der Waals surface area contributed by atoms with Crippen LogP contribution in [-0.2, 0) is 4.79 Å². The summed E-state index contributed by atoms with van der Waals surface area (Å²) < 4.78 is 13.3. The molecule has 0 unspecified atom stereocenters. The van der Waals surface area contributed by atoms with E-state index in [1.807, 2.05) is 0 Å². The average molecular weight is 321 g/mol. The van der Waals surface area contributed by atoms with Gasteiger partial charge < -0.3 is 10.7 Å². The van der Waals surface area contributed by atoms with Crippen LogP contribution in [0.1, 0.15) is 5.56 Å². The highest BCUT2D eigenvalue weighted by Crippen LogP contribution is 2.28. The van der Waals surface area contributed by atoms with E-state index in [2.05, 4.69) is 26.7 Å². The quantitative estimate of drug-likeness (QED) is 0.506. The van der Waals surface area contributed by atoms with E-state index in [1.54, 1.807) is 24.3 Å². The van der Waals surface area contributed by atoms with E-state index in [9.17, 15) is 9.18 Å². The Morgan fingerprint density at radius 1 is 1.17 bits per heavy atom. The number of benzene rings is 2. The van der Waals surface area contributed by atoms with Crippen LogP contribution in [0.15, 0.2) is 43.0 Å². The van der Waals surface area contributed by atoms with E-state index in [4.69, 9.17) is 5.73 Å². The van der Waals surface area contributed by atoms with E-state index in [-0.39, 0.29) is 11.4 Å². The second-order valence-corrected chi connectivity index (χ2v) is 5.42. The van der Waals surface area contributed by atoms with Gasteiger partial charge in [0.25, 0.3) is 0 Å². The first-order valence-electron chi connectivity index (χ1n) is 7.16. The van der Waals surface area contributed by atoms with Crippen LogP contribution in [-0.4, -0.2) is 26.1 Å². The van der Waals surface area contributed by atoms with Crippen molar-refractivity contribution < 1.29 is 9.18 Å². The normalized spacial score (nSPS) is 11.2. The van der Waals surface area contributed by atoms with Crippen LogP contribution in [0.2, 0.25) is 0 Å². The summed E-state index contributed by atoms with van der Waals surface area (Å²) >= 11 is 0. The van der Waals surface area contributed by atoms with E-state index < -0.39 is 5.91 Å². The van der Waals surface area contributed by atoms with Crippen LogP contribution >= 0.6 is 0 Å². The van der Waals surface area contributed by atoms with Gasteiger partial charge in [-0.05, 0) is 35.9 Å². The van der Waals surface area contributed by atoms with Crippen LogP contribution in [0.5, 0.6) is 0 Å². The Kier molecular flexibility index (Phi) is 2.96. The maximum atomic E-state index is 13.3. The van der Waals surface area contributed by atoms with Crippen LogP contribution < -0.4 is 5.73 Å². The summed E-state index contributed by atoms with van der Waals surface area (Å²) in [4.78, 5) is 18.8. The fraction of sp³-hybridized carbons (Fsp3) is 0. The van der Waals surface area contributed by atoms with E-state index in [1.165, 1.54) is 12.1 Å². The molecule has 118 valence electrons. The van der Waals surface area contributed by atoms with Gasteiger partial charge in [-0.2, -0.15) is 5.10 Å². The lowest BCUT2D eigenvalue weighted by Crippen LogP contribution is -2.11. The molecule has 4 N–H and O–H groups in total. The summed E-state index contributed by atoms with van der Waals surface area (Å²) in [5.74, 6) is -0.424. The van der Waals surface area contributed by atoms with E-state index in [0.717, 1.165) is 10.9 Å². The molecule has 0 spiro atoms. The van der Waals surface area contributed by atoms with Crippen LogP contribution in [0.4, 0.5) is 4.39 Å². The summed E-state index contributed by atoms with van der Waals surface area (Å²) in [7, 11) is 0. The molecule has 1 amide bonds. The first kappa shape index (κ1) is 14.1. The first-order valence-corrected chi connectivity index (χ1v) is 7.16. The number of nitrogens with zero attached hydrogens (tertiary/aromatic N) is 2. The minimum atomic E-state index is -0.585. The monoisotopic (exact) mass is 321 g/mol. The maximum absolute atomic E-state index is 13.3. The molecule has 0 saturated heterocycles. The molecule has 0 aliphatic carbocycles. The number of carbonyl (C=O) groups excluding carboxylic acids is 1. The Morgan fingerprint density at radius 2 is 2.00 bits per heavy atom. The van der Waals surface area contributed by atoms with E-state index in [0.29, 0.717) is 28.1 Å². The number of carbonyl (C=O) groups is 1. The Labute approximate surface area is 135 Å². The molecule has 24 heavy (non-hydrogen) atoms. The summed E-state index contributed by atoms with van der Waals surface area (Å²) in [5, 5.41) is 7.94. The SMILES string of the molecule is C=C(C(N)=O)c1ccc2[nH]nc(-c3nc4ccc(F)cc4[nH]3)c2c1. The number of hydrogen-bond acceptors (Lipinski definition) is 3. The number of nitrogens with two attached hydrogens (primary N) is 1. The zero-order valence-electron chi connectivity index (χ0n) is 12.4. The third-order valence-corrected chi connectivity index (χ3v) is 3.88. The number of rotatable bonds is 3. The Bertz CT molecular complexity index is 1120. The van der Waals surface area contributed by atoms with Gasteiger partial charge in [-0.15, -0.1) is 0 Å². The van der Waals surface area contributed by atoms with Gasteiger partial charge in [0.15, 0.2) is 5.82 Å². The third-order valence-electron chi connectivity index (χ3n) is 3.88. The molecule has 4 rings (SSSR count). The van der Waals surface area contributed by atoms with Crippen LogP contribution in [0.3, 0.4) is 0 Å². The van der Waals surface area contributed by atoms with Crippen molar-refractivity contribution in [2.75, 3.05) is 0 Å². The molecule has 7 heteroatoms. The second-order valence-electron chi connectivity index (χ2n) is 5.42. The molecule has 6 nitrogen and oxygen atoms in total. The molecule has 2 aromatic heterocycles.